The molecule has 0 saturated carbocycles. The van der Waals surface area contributed by atoms with Crippen molar-refractivity contribution in [3.63, 3.8) is 0 Å². The van der Waals surface area contributed by atoms with Gasteiger partial charge in [0.15, 0.2) is 0 Å². The maximum Gasteiger partial charge on any atom is 0.0454 e. The third-order valence-corrected chi connectivity index (χ3v) is 3.59. The quantitative estimate of drug-likeness (QED) is 0.299. The first kappa shape index (κ1) is 17.7. The van der Waals surface area contributed by atoms with Gasteiger partial charge in [-0.2, -0.15) is 25.3 Å². The summed E-state index contributed by atoms with van der Waals surface area (Å²) < 4.78 is 0.235. The van der Waals surface area contributed by atoms with Gasteiger partial charge < -0.3 is 4.90 Å². The SMILES string of the molecule is CCCCCCCCN(CCC)CCC(S)S. The Morgan fingerprint density at radius 3 is 2.00 bits per heavy atom. The van der Waals surface area contributed by atoms with Crippen LogP contribution in [0, 0.1) is 0 Å². The van der Waals surface area contributed by atoms with Crippen molar-refractivity contribution in [2.24, 2.45) is 0 Å². The Bertz CT molecular complexity index is 151. The minimum Gasteiger partial charge on any atom is -0.303 e. The highest BCUT2D eigenvalue weighted by Crippen LogP contribution is 2.09. The molecular weight excluding hydrogens is 246 g/mol. The lowest BCUT2D eigenvalue weighted by Crippen LogP contribution is -2.27. The van der Waals surface area contributed by atoms with Crippen LogP contribution in [0.3, 0.4) is 0 Å². The van der Waals surface area contributed by atoms with Gasteiger partial charge in [0.05, 0.1) is 0 Å². The van der Waals surface area contributed by atoms with Crippen molar-refractivity contribution in [1.29, 1.82) is 0 Å². The van der Waals surface area contributed by atoms with Crippen molar-refractivity contribution in [2.75, 3.05) is 19.6 Å². The predicted molar refractivity (Wildman–Crippen MR) is 86.5 cm³/mol. The molecule has 0 aliphatic rings. The van der Waals surface area contributed by atoms with Crippen LogP contribution in [-0.4, -0.2) is 29.1 Å². The smallest absolute Gasteiger partial charge is 0.0454 e. The van der Waals surface area contributed by atoms with Crippen molar-refractivity contribution < 1.29 is 0 Å². The van der Waals surface area contributed by atoms with E-state index in [1.54, 1.807) is 0 Å². The summed E-state index contributed by atoms with van der Waals surface area (Å²) in [4.78, 5) is 2.57. The highest BCUT2D eigenvalue weighted by Gasteiger charge is 2.05. The van der Waals surface area contributed by atoms with E-state index in [2.05, 4.69) is 44.0 Å². The zero-order valence-corrected chi connectivity index (χ0v) is 13.5. The molecule has 0 bridgehead atoms. The zero-order valence-electron chi connectivity index (χ0n) is 11.7. The molecule has 17 heavy (non-hydrogen) atoms. The van der Waals surface area contributed by atoms with E-state index in [9.17, 15) is 0 Å². The molecule has 1 nitrogen and oxygen atoms in total. The standard InChI is InChI=1S/C14H31NS2/c1-3-5-6-7-8-9-12-15(11-4-2)13-10-14(16)17/h14,16-17H,3-13H2,1-2H3. The van der Waals surface area contributed by atoms with E-state index < -0.39 is 0 Å². The Morgan fingerprint density at radius 2 is 1.41 bits per heavy atom. The van der Waals surface area contributed by atoms with Crippen molar-refractivity contribution in [3.05, 3.63) is 0 Å². The van der Waals surface area contributed by atoms with Crippen molar-refractivity contribution >= 4 is 25.3 Å². The molecule has 0 fully saturated rings. The summed E-state index contributed by atoms with van der Waals surface area (Å²) >= 11 is 8.65. The van der Waals surface area contributed by atoms with Gasteiger partial charge in [-0.3, -0.25) is 0 Å². The highest BCUT2D eigenvalue weighted by atomic mass is 32.2. The van der Waals surface area contributed by atoms with Gasteiger partial charge in [0.2, 0.25) is 0 Å². The van der Waals surface area contributed by atoms with Gasteiger partial charge in [0, 0.05) is 4.58 Å². The summed E-state index contributed by atoms with van der Waals surface area (Å²) in [6.45, 7) is 8.17. The molecule has 0 rings (SSSR count). The highest BCUT2D eigenvalue weighted by molar-refractivity contribution is 7.99. The average Bonchev–Trinajstić information content (AvgIpc) is 2.30. The molecule has 0 aromatic heterocycles. The molecule has 3 heteroatoms. The van der Waals surface area contributed by atoms with Gasteiger partial charge in [-0.05, 0) is 38.9 Å². The van der Waals surface area contributed by atoms with E-state index in [0.29, 0.717) is 0 Å². The molecule has 0 atom stereocenters. The van der Waals surface area contributed by atoms with Gasteiger partial charge in [-0.25, -0.2) is 0 Å². The second-order valence-electron chi connectivity index (χ2n) is 4.88. The van der Waals surface area contributed by atoms with E-state index in [4.69, 9.17) is 0 Å². The molecule has 0 aromatic rings. The summed E-state index contributed by atoms with van der Waals surface area (Å²) in [6.07, 6.45) is 10.7. The number of rotatable bonds is 12. The Morgan fingerprint density at radius 1 is 0.765 bits per heavy atom. The molecule has 0 aromatic carbocycles. The minimum atomic E-state index is 0.235. The van der Waals surface area contributed by atoms with Gasteiger partial charge in [0.25, 0.3) is 0 Å². The fraction of sp³-hybridized carbons (Fsp3) is 1.00. The number of unbranched alkanes of at least 4 members (excludes halogenated alkanes) is 5. The normalized spacial score (nSPS) is 11.6. The zero-order chi connectivity index (χ0) is 12.9. The summed E-state index contributed by atoms with van der Waals surface area (Å²) in [7, 11) is 0. The van der Waals surface area contributed by atoms with Gasteiger partial charge in [-0.1, -0.05) is 46.0 Å². The Balaban J connectivity index is 3.48. The lowest BCUT2D eigenvalue weighted by Gasteiger charge is -2.22. The molecule has 0 aliphatic heterocycles. The van der Waals surface area contributed by atoms with Gasteiger partial charge in [-0.15, -0.1) is 0 Å². The topological polar surface area (TPSA) is 3.24 Å². The molecule has 0 unspecified atom stereocenters. The van der Waals surface area contributed by atoms with E-state index in [1.165, 1.54) is 58.0 Å². The van der Waals surface area contributed by atoms with Crippen LogP contribution in [0.5, 0.6) is 0 Å². The first-order valence-electron chi connectivity index (χ1n) is 7.29. The maximum atomic E-state index is 4.33. The molecule has 104 valence electrons. The van der Waals surface area contributed by atoms with E-state index in [0.717, 1.165) is 13.0 Å². The molecule has 0 amide bonds. The number of hydrogen-bond acceptors (Lipinski definition) is 3. The summed E-state index contributed by atoms with van der Waals surface area (Å²) in [5.74, 6) is 0. The monoisotopic (exact) mass is 277 g/mol. The summed E-state index contributed by atoms with van der Waals surface area (Å²) in [5.41, 5.74) is 0. The van der Waals surface area contributed by atoms with Crippen LogP contribution in [-0.2, 0) is 0 Å². The van der Waals surface area contributed by atoms with Crippen LogP contribution < -0.4 is 0 Å². The van der Waals surface area contributed by atoms with Crippen LogP contribution in [0.15, 0.2) is 0 Å². The fourth-order valence-corrected chi connectivity index (χ4v) is 2.30. The van der Waals surface area contributed by atoms with E-state index >= 15 is 0 Å². The summed E-state index contributed by atoms with van der Waals surface area (Å²) in [5, 5.41) is 0. The second-order valence-corrected chi connectivity index (χ2v) is 6.53. The number of nitrogens with zero attached hydrogens (tertiary/aromatic N) is 1. The van der Waals surface area contributed by atoms with Crippen LogP contribution in [0.25, 0.3) is 0 Å². The lowest BCUT2D eigenvalue weighted by atomic mass is 10.1. The maximum absolute atomic E-state index is 4.33. The van der Waals surface area contributed by atoms with E-state index in [-0.39, 0.29) is 4.58 Å². The summed E-state index contributed by atoms with van der Waals surface area (Å²) in [6, 6.07) is 0. The Hall–Kier alpha value is 0.660. The predicted octanol–water partition coefficient (Wildman–Crippen LogP) is 4.63. The molecule has 0 spiro atoms. The number of hydrogen-bond donors (Lipinski definition) is 2. The molecule has 0 aliphatic carbocycles. The van der Waals surface area contributed by atoms with E-state index in [1.807, 2.05) is 0 Å². The van der Waals surface area contributed by atoms with Gasteiger partial charge >= 0.3 is 0 Å². The fourth-order valence-electron chi connectivity index (χ4n) is 2.07. The third kappa shape index (κ3) is 12.9. The molecule has 0 N–H and O–H groups in total. The van der Waals surface area contributed by atoms with Crippen LogP contribution in [0.2, 0.25) is 0 Å². The molecule has 0 saturated heterocycles. The lowest BCUT2D eigenvalue weighted by molar-refractivity contribution is 0.267. The van der Waals surface area contributed by atoms with Crippen molar-refractivity contribution in [2.45, 2.75) is 69.8 Å². The first-order valence-corrected chi connectivity index (χ1v) is 8.32. The molecular formula is C14H31NS2. The van der Waals surface area contributed by atoms with Crippen LogP contribution in [0.4, 0.5) is 0 Å². The minimum absolute atomic E-state index is 0.235. The van der Waals surface area contributed by atoms with Crippen LogP contribution in [0.1, 0.15) is 65.2 Å². The average molecular weight is 278 g/mol. The second kappa shape index (κ2) is 13.1. The van der Waals surface area contributed by atoms with Crippen molar-refractivity contribution in [3.8, 4) is 0 Å². The van der Waals surface area contributed by atoms with Crippen LogP contribution >= 0.6 is 25.3 Å². The Kier molecular flexibility index (Phi) is 13.6. The van der Waals surface area contributed by atoms with Gasteiger partial charge in [0.1, 0.15) is 0 Å². The number of thiol groups is 2. The van der Waals surface area contributed by atoms with Crippen molar-refractivity contribution in [1.82, 2.24) is 4.90 Å². The Labute approximate surface area is 120 Å². The largest absolute Gasteiger partial charge is 0.303 e. The first-order chi connectivity index (χ1) is 8.20. The molecule has 0 radical (unpaired) electrons. The molecule has 0 heterocycles. The third-order valence-electron chi connectivity index (χ3n) is 3.07.